The van der Waals surface area contributed by atoms with Crippen LogP contribution in [0.1, 0.15) is 24.8 Å². The highest BCUT2D eigenvalue weighted by molar-refractivity contribution is 9.10. The van der Waals surface area contributed by atoms with Crippen LogP contribution >= 0.6 is 27.7 Å². The van der Waals surface area contributed by atoms with Crippen LogP contribution in [0.5, 0.6) is 0 Å². The lowest BCUT2D eigenvalue weighted by Crippen LogP contribution is -2.43. The Balaban J connectivity index is 2.43. The normalized spacial score (nSPS) is 18.7. The zero-order valence-corrected chi connectivity index (χ0v) is 10.9. The molecule has 0 saturated heterocycles. The molecule has 2 N–H and O–H groups in total. The highest BCUT2D eigenvalue weighted by atomic mass is 79.9. The summed E-state index contributed by atoms with van der Waals surface area (Å²) in [6.07, 6.45) is 4.92. The molecular formula is C11H13BrFNS. The minimum atomic E-state index is -0.291. The zero-order valence-electron chi connectivity index (χ0n) is 8.52. The Morgan fingerprint density at radius 1 is 1.47 bits per heavy atom. The molecule has 0 radical (unpaired) electrons. The lowest BCUT2D eigenvalue weighted by molar-refractivity contribution is 0.252. The summed E-state index contributed by atoms with van der Waals surface area (Å²) >= 11 is 4.79. The number of hydrogen-bond acceptors (Lipinski definition) is 2. The Labute approximate surface area is 102 Å². The van der Waals surface area contributed by atoms with Crippen molar-refractivity contribution in [3.05, 3.63) is 28.0 Å². The van der Waals surface area contributed by atoms with Crippen molar-refractivity contribution in [3.8, 4) is 0 Å². The van der Waals surface area contributed by atoms with E-state index in [2.05, 4.69) is 15.9 Å². The van der Waals surface area contributed by atoms with Crippen molar-refractivity contribution < 1.29 is 4.39 Å². The van der Waals surface area contributed by atoms with E-state index < -0.39 is 0 Å². The first-order valence-electron chi connectivity index (χ1n) is 4.89. The van der Waals surface area contributed by atoms with Crippen LogP contribution in [0.2, 0.25) is 0 Å². The van der Waals surface area contributed by atoms with Gasteiger partial charge in [-0.3, -0.25) is 0 Å². The largest absolute Gasteiger partial charge is 0.321 e. The second kappa shape index (κ2) is 4.07. The second-order valence-electron chi connectivity index (χ2n) is 3.98. The summed E-state index contributed by atoms with van der Waals surface area (Å²) in [6, 6.07) is 3.53. The van der Waals surface area contributed by atoms with Gasteiger partial charge in [0.05, 0.1) is 4.90 Å². The van der Waals surface area contributed by atoms with Crippen LogP contribution in [0, 0.1) is 5.82 Å². The molecule has 0 aliphatic heterocycles. The van der Waals surface area contributed by atoms with Crippen molar-refractivity contribution in [1.82, 2.24) is 0 Å². The molecule has 0 spiro atoms. The monoisotopic (exact) mass is 289 g/mol. The van der Waals surface area contributed by atoms with Crippen molar-refractivity contribution >= 4 is 27.7 Å². The van der Waals surface area contributed by atoms with E-state index in [0.29, 0.717) is 4.90 Å². The fourth-order valence-electron chi connectivity index (χ4n) is 1.89. The number of hydrogen-bond donors (Lipinski definition) is 1. The molecule has 4 heteroatoms. The molecule has 1 aliphatic carbocycles. The molecule has 82 valence electrons. The number of nitrogens with two attached hydrogens (primary N) is 1. The Kier molecular flexibility index (Phi) is 3.10. The second-order valence-corrected chi connectivity index (χ2v) is 5.65. The number of rotatable bonds is 2. The maximum absolute atomic E-state index is 13.7. The van der Waals surface area contributed by atoms with Gasteiger partial charge in [0, 0.05) is 10.0 Å². The van der Waals surface area contributed by atoms with Crippen LogP contribution in [-0.4, -0.2) is 6.26 Å². The Morgan fingerprint density at radius 3 is 2.53 bits per heavy atom. The van der Waals surface area contributed by atoms with Gasteiger partial charge in [0.2, 0.25) is 0 Å². The highest BCUT2D eigenvalue weighted by Gasteiger charge is 2.35. The number of halogens is 2. The number of thioether (sulfide) groups is 1. The summed E-state index contributed by atoms with van der Waals surface area (Å²) in [5, 5.41) is 0. The van der Waals surface area contributed by atoms with Crippen molar-refractivity contribution in [3.63, 3.8) is 0 Å². The molecule has 2 rings (SSSR count). The minimum absolute atomic E-state index is 0.177. The van der Waals surface area contributed by atoms with E-state index in [-0.39, 0.29) is 11.4 Å². The van der Waals surface area contributed by atoms with Gasteiger partial charge >= 0.3 is 0 Å². The molecule has 1 fully saturated rings. The Morgan fingerprint density at radius 2 is 2.13 bits per heavy atom. The molecule has 0 atom stereocenters. The molecular weight excluding hydrogens is 277 g/mol. The van der Waals surface area contributed by atoms with Gasteiger partial charge in [-0.1, -0.05) is 0 Å². The van der Waals surface area contributed by atoms with Gasteiger partial charge in [-0.15, -0.1) is 11.8 Å². The van der Waals surface area contributed by atoms with Crippen LogP contribution in [-0.2, 0) is 5.54 Å². The molecule has 0 amide bonds. The van der Waals surface area contributed by atoms with E-state index in [1.54, 1.807) is 6.07 Å². The third-order valence-corrected chi connectivity index (χ3v) is 4.73. The molecule has 0 bridgehead atoms. The lowest BCUT2D eigenvalue weighted by atomic mass is 9.73. The molecule has 15 heavy (non-hydrogen) atoms. The van der Waals surface area contributed by atoms with Crippen molar-refractivity contribution in [1.29, 1.82) is 0 Å². The summed E-state index contributed by atoms with van der Waals surface area (Å²) in [4.78, 5) is 0.654. The van der Waals surface area contributed by atoms with Gasteiger partial charge in [0.1, 0.15) is 5.82 Å². The predicted molar refractivity (Wildman–Crippen MR) is 65.6 cm³/mol. The van der Waals surface area contributed by atoms with Gasteiger partial charge in [0.25, 0.3) is 0 Å². The van der Waals surface area contributed by atoms with E-state index in [4.69, 9.17) is 5.73 Å². The van der Waals surface area contributed by atoms with E-state index in [0.717, 1.165) is 29.3 Å². The Bertz CT molecular complexity index is 367. The molecule has 0 aromatic heterocycles. The molecule has 0 heterocycles. The van der Waals surface area contributed by atoms with Crippen molar-refractivity contribution in [2.45, 2.75) is 29.7 Å². The molecule has 1 aliphatic rings. The molecule has 1 aromatic carbocycles. The van der Waals surface area contributed by atoms with Gasteiger partial charge < -0.3 is 5.73 Å². The third-order valence-electron chi connectivity index (χ3n) is 3.02. The first kappa shape index (κ1) is 11.4. The summed E-state index contributed by atoms with van der Waals surface area (Å²) in [5.74, 6) is -0.177. The van der Waals surface area contributed by atoms with E-state index >= 15 is 0 Å². The van der Waals surface area contributed by atoms with E-state index in [1.165, 1.54) is 11.8 Å². The summed E-state index contributed by atoms with van der Waals surface area (Å²) in [7, 11) is 0. The standard InChI is InChI=1S/C11H13BrFNS/c1-15-10-8(12)5-7(6-9(10)13)11(14)3-2-4-11/h5-6H,2-4,14H2,1H3. The fourth-order valence-corrected chi connectivity index (χ4v) is 3.32. The predicted octanol–water partition coefficient (Wildman–Crippen LogP) is 3.65. The Hall–Kier alpha value is -0.0600. The van der Waals surface area contributed by atoms with Crippen LogP contribution in [0.3, 0.4) is 0 Å². The number of benzene rings is 1. The van der Waals surface area contributed by atoms with Crippen molar-refractivity contribution in [2.75, 3.05) is 6.26 Å². The van der Waals surface area contributed by atoms with Gasteiger partial charge in [-0.2, -0.15) is 0 Å². The van der Waals surface area contributed by atoms with Crippen LogP contribution in [0.25, 0.3) is 0 Å². The van der Waals surface area contributed by atoms with Gasteiger partial charge in [0.15, 0.2) is 0 Å². The first-order chi connectivity index (χ1) is 7.07. The van der Waals surface area contributed by atoms with E-state index in [9.17, 15) is 4.39 Å². The van der Waals surface area contributed by atoms with Crippen LogP contribution < -0.4 is 5.73 Å². The maximum atomic E-state index is 13.7. The van der Waals surface area contributed by atoms with Crippen LogP contribution in [0.15, 0.2) is 21.5 Å². The molecule has 0 unspecified atom stereocenters. The minimum Gasteiger partial charge on any atom is -0.321 e. The summed E-state index contributed by atoms with van der Waals surface area (Å²) in [6.45, 7) is 0. The van der Waals surface area contributed by atoms with Gasteiger partial charge in [-0.05, 0) is 59.1 Å². The average molecular weight is 290 g/mol. The third kappa shape index (κ3) is 1.95. The lowest BCUT2D eigenvalue weighted by Gasteiger charge is -2.38. The topological polar surface area (TPSA) is 26.0 Å². The van der Waals surface area contributed by atoms with Crippen molar-refractivity contribution in [2.24, 2.45) is 5.73 Å². The summed E-state index contributed by atoms with van der Waals surface area (Å²) in [5.41, 5.74) is 6.78. The molecule has 1 saturated carbocycles. The SMILES string of the molecule is CSc1c(F)cc(C2(N)CCC2)cc1Br. The fraction of sp³-hybridized carbons (Fsp3) is 0.455. The van der Waals surface area contributed by atoms with Crippen LogP contribution in [0.4, 0.5) is 4.39 Å². The first-order valence-corrected chi connectivity index (χ1v) is 6.91. The molecule has 1 aromatic rings. The molecule has 1 nitrogen and oxygen atoms in total. The van der Waals surface area contributed by atoms with Gasteiger partial charge in [-0.25, -0.2) is 4.39 Å². The average Bonchev–Trinajstić information content (AvgIpc) is 2.13. The van der Waals surface area contributed by atoms with E-state index in [1.807, 2.05) is 12.3 Å². The smallest absolute Gasteiger partial charge is 0.138 e. The zero-order chi connectivity index (χ0) is 11.1. The highest BCUT2D eigenvalue weighted by Crippen LogP contribution is 2.41. The maximum Gasteiger partial charge on any atom is 0.138 e. The summed E-state index contributed by atoms with van der Waals surface area (Å²) < 4.78 is 14.5. The quantitative estimate of drug-likeness (QED) is 0.841.